The summed E-state index contributed by atoms with van der Waals surface area (Å²) in [7, 11) is -3.03. The molecule has 6 heteroatoms. The average molecular weight is 391 g/mol. The van der Waals surface area contributed by atoms with Gasteiger partial charge in [-0.15, -0.1) is 0 Å². The fraction of sp³-hybridized carbons (Fsp3) is 0.571. The van der Waals surface area contributed by atoms with E-state index in [0.29, 0.717) is 12.8 Å². The van der Waals surface area contributed by atoms with E-state index in [1.54, 1.807) is 6.08 Å². The van der Waals surface area contributed by atoms with Crippen LogP contribution in [-0.2, 0) is 20.0 Å². The van der Waals surface area contributed by atoms with Crippen LogP contribution in [0.2, 0.25) is 0 Å². The molecule has 2 fully saturated rings. The number of carbonyl (C=O) groups excluding carboxylic acids is 1. The van der Waals surface area contributed by atoms with Crippen molar-refractivity contribution in [3.63, 3.8) is 0 Å². The Kier molecular flexibility index (Phi) is 5.50. The van der Waals surface area contributed by atoms with Crippen LogP contribution >= 0.6 is 0 Å². The minimum atomic E-state index is -3.03. The molecule has 1 amide bonds. The molecule has 2 bridgehead atoms. The minimum absolute atomic E-state index is 0.0283. The van der Waals surface area contributed by atoms with Gasteiger partial charge in [-0.05, 0) is 47.3 Å². The molecule has 1 aromatic carbocycles. The standard InChI is InChI=1S/C21H30N2O3S/c1-21(2,3)17-7-4-14(5-8-17)6-9-19(24)23-20-15-10-18(22)11-16(20)13-27(25,26)12-15/h4-9,15-16,18,20H,10-13,22H2,1-3H3,(H,23,24)/b9-6-. The van der Waals surface area contributed by atoms with E-state index in [-0.39, 0.29) is 46.7 Å². The van der Waals surface area contributed by atoms with Gasteiger partial charge in [0.25, 0.3) is 0 Å². The van der Waals surface area contributed by atoms with Gasteiger partial charge in [0.1, 0.15) is 0 Å². The molecule has 27 heavy (non-hydrogen) atoms. The predicted octanol–water partition coefficient (Wildman–Crippen LogP) is 2.26. The van der Waals surface area contributed by atoms with Crippen molar-refractivity contribution in [2.24, 2.45) is 17.6 Å². The van der Waals surface area contributed by atoms with Gasteiger partial charge < -0.3 is 11.1 Å². The Balaban J connectivity index is 1.64. The van der Waals surface area contributed by atoms with Crippen LogP contribution in [0.1, 0.15) is 44.7 Å². The van der Waals surface area contributed by atoms with Crippen LogP contribution in [-0.4, -0.2) is 37.9 Å². The highest BCUT2D eigenvalue weighted by Gasteiger charge is 2.45. The van der Waals surface area contributed by atoms with Crippen molar-refractivity contribution in [2.75, 3.05) is 11.5 Å². The van der Waals surface area contributed by atoms with Crippen LogP contribution < -0.4 is 11.1 Å². The first kappa shape index (κ1) is 20.1. The lowest BCUT2D eigenvalue weighted by atomic mass is 9.75. The van der Waals surface area contributed by atoms with Gasteiger partial charge in [0.15, 0.2) is 9.84 Å². The molecule has 1 heterocycles. The molecule has 148 valence electrons. The number of carbonyl (C=O) groups is 1. The zero-order chi connectivity index (χ0) is 19.8. The van der Waals surface area contributed by atoms with Gasteiger partial charge in [0, 0.05) is 18.2 Å². The second-order valence-corrected chi connectivity index (χ2v) is 11.2. The number of nitrogens with one attached hydrogen (secondary N) is 1. The zero-order valence-corrected chi connectivity index (χ0v) is 17.1. The van der Waals surface area contributed by atoms with Crippen LogP contribution in [0.15, 0.2) is 30.3 Å². The minimum Gasteiger partial charge on any atom is -0.349 e. The number of nitrogens with two attached hydrogens (primary N) is 1. The van der Waals surface area contributed by atoms with E-state index >= 15 is 0 Å². The third-order valence-electron chi connectivity index (χ3n) is 5.68. The first-order chi connectivity index (χ1) is 12.5. The number of hydrogen-bond acceptors (Lipinski definition) is 4. The normalized spacial score (nSPS) is 30.2. The Labute approximate surface area is 162 Å². The summed E-state index contributed by atoms with van der Waals surface area (Å²) in [6, 6.07) is 8.09. The van der Waals surface area contributed by atoms with Gasteiger partial charge in [0.05, 0.1) is 11.5 Å². The van der Waals surface area contributed by atoms with Gasteiger partial charge in [-0.25, -0.2) is 8.42 Å². The van der Waals surface area contributed by atoms with E-state index in [1.807, 2.05) is 12.1 Å². The molecular weight excluding hydrogens is 360 g/mol. The van der Waals surface area contributed by atoms with E-state index in [4.69, 9.17) is 5.73 Å². The Morgan fingerprint density at radius 2 is 1.67 bits per heavy atom. The lowest BCUT2D eigenvalue weighted by molar-refractivity contribution is -0.118. The van der Waals surface area contributed by atoms with Crippen molar-refractivity contribution >= 4 is 21.8 Å². The van der Waals surface area contributed by atoms with Crippen molar-refractivity contribution in [1.29, 1.82) is 0 Å². The van der Waals surface area contributed by atoms with E-state index in [1.165, 1.54) is 11.6 Å². The summed E-state index contributed by atoms with van der Waals surface area (Å²) in [5.41, 5.74) is 8.37. The van der Waals surface area contributed by atoms with Gasteiger partial charge in [-0.2, -0.15) is 0 Å². The maximum Gasteiger partial charge on any atom is 0.244 e. The molecule has 2 aliphatic rings. The third-order valence-corrected chi connectivity index (χ3v) is 7.55. The van der Waals surface area contributed by atoms with Crippen LogP contribution in [0.5, 0.6) is 0 Å². The lowest BCUT2D eigenvalue weighted by Crippen LogP contribution is -2.58. The zero-order valence-electron chi connectivity index (χ0n) is 16.3. The maximum absolute atomic E-state index is 12.4. The molecule has 2 atom stereocenters. The monoisotopic (exact) mass is 390 g/mol. The van der Waals surface area contributed by atoms with Gasteiger partial charge in [-0.3, -0.25) is 4.79 Å². The molecule has 1 aromatic rings. The molecule has 0 spiro atoms. The van der Waals surface area contributed by atoms with Gasteiger partial charge in [0.2, 0.25) is 5.91 Å². The molecule has 1 saturated heterocycles. The topological polar surface area (TPSA) is 89.3 Å². The van der Waals surface area contributed by atoms with Crippen LogP contribution in [0.25, 0.3) is 6.08 Å². The van der Waals surface area contributed by atoms with Crippen molar-refractivity contribution < 1.29 is 13.2 Å². The van der Waals surface area contributed by atoms with Crippen LogP contribution in [0.4, 0.5) is 0 Å². The molecule has 5 nitrogen and oxygen atoms in total. The Morgan fingerprint density at radius 1 is 1.11 bits per heavy atom. The number of hydrogen-bond donors (Lipinski definition) is 2. The van der Waals surface area contributed by atoms with E-state index < -0.39 is 9.84 Å². The van der Waals surface area contributed by atoms with Crippen molar-refractivity contribution in [3.8, 4) is 0 Å². The first-order valence-corrected chi connectivity index (χ1v) is 11.4. The molecule has 1 aliphatic heterocycles. The van der Waals surface area contributed by atoms with Crippen LogP contribution in [0.3, 0.4) is 0 Å². The first-order valence-electron chi connectivity index (χ1n) is 9.59. The van der Waals surface area contributed by atoms with Gasteiger partial charge in [-0.1, -0.05) is 45.0 Å². The van der Waals surface area contributed by atoms with Gasteiger partial charge >= 0.3 is 0 Å². The van der Waals surface area contributed by atoms with Crippen molar-refractivity contribution in [1.82, 2.24) is 5.32 Å². The summed E-state index contributed by atoms with van der Waals surface area (Å²) in [4.78, 5) is 12.4. The number of amides is 1. The molecule has 0 radical (unpaired) electrons. The number of fused-ring (bicyclic) bond motifs is 2. The quantitative estimate of drug-likeness (QED) is 0.775. The fourth-order valence-corrected chi connectivity index (χ4v) is 6.46. The molecule has 0 aromatic heterocycles. The summed E-state index contributed by atoms with van der Waals surface area (Å²) in [5.74, 6) is -0.0909. The summed E-state index contributed by atoms with van der Waals surface area (Å²) in [6.07, 6.45) is 4.63. The Morgan fingerprint density at radius 3 is 2.19 bits per heavy atom. The highest BCUT2D eigenvalue weighted by molar-refractivity contribution is 7.91. The van der Waals surface area contributed by atoms with E-state index in [9.17, 15) is 13.2 Å². The number of rotatable bonds is 3. The third kappa shape index (κ3) is 4.99. The smallest absolute Gasteiger partial charge is 0.244 e. The fourth-order valence-electron chi connectivity index (χ4n) is 4.33. The summed E-state index contributed by atoms with van der Waals surface area (Å²) in [6.45, 7) is 6.50. The number of sulfone groups is 1. The Bertz CT molecular complexity index is 800. The predicted molar refractivity (Wildman–Crippen MR) is 109 cm³/mol. The maximum atomic E-state index is 12.4. The summed E-state index contributed by atoms with van der Waals surface area (Å²) >= 11 is 0. The summed E-state index contributed by atoms with van der Waals surface area (Å²) < 4.78 is 24.1. The average Bonchev–Trinajstić information content (AvgIpc) is 2.53. The van der Waals surface area contributed by atoms with Crippen LogP contribution in [0, 0.1) is 11.8 Å². The molecule has 3 N–H and O–H groups in total. The lowest BCUT2D eigenvalue weighted by Gasteiger charge is -2.44. The highest BCUT2D eigenvalue weighted by Crippen LogP contribution is 2.35. The van der Waals surface area contributed by atoms with Crippen molar-refractivity contribution in [2.45, 2.75) is 51.1 Å². The van der Waals surface area contributed by atoms with E-state index in [2.05, 4.69) is 38.2 Å². The second kappa shape index (κ2) is 7.40. The largest absolute Gasteiger partial charge is 0.349 e. The van der Waals surface area contributed by atoms with E-state index in [0.717, 1.165) is 5.56 Å². The highest BCUT2D eigenvalue weighted by atomic mass is 32.2. The van der Waals surface area contributed by atoms with Crippen molar-refractivity contribution in [3.05, 3.63) is 41.5 Å². The number of benzene rings is 1. The Hall–Kier alpha value is -1.66. The second-order valence-electron chi connectivity index (χ2n) is 9.07. The molecule has 3 rings (SSSR count). The summed E-state index contributed by atoms with van der Waals surface area (Å²) in [5, 5.41) is 3.04. The molecule has 1 aliphatic carbocycles. The molecule has 1 saturated carbocycles. The SMILES string of the molecule is CC(C)(C)c1ccc(/C=C\C(=O)NC2C3CC(N)CC2CS(=O)(=O)C3)cc1. The molecule has 2 unspecified atom stereocenters. The molecular formula is C21H30N2O3S.